The fraction of sp³-hybridized carbons (Fsp3) is 0.143. The molecule has 0 heterocycles. The highest BCUT2D eigenvalue weighted by atomic mass is 14.5. The molecule has 0 nitrogen and oxygen atoms in total. The predicted octanol–water partition coefficient (Wildman–Crippen LogP) is 8.92. The van der Waals surface area contributed by atoms with Gasteiger partial charge >= 0.3 is 0 Å². The van der Waals surface area contributed by atoms with E-state index in [0.29, 0.717) is 23.7 Å². The van der Waals surface area contributed by atoms with Gasteiger partial charge in [-0.2, -0.15) is 0 Å². The third-order valence-electron chi connectivity index (χ3n) is 8.83. The standard InChI is InChI=1S/C35H26/c1-5-24-6-2-22(1)23-3-7-25(8-4-23)27-11-15-29(16-12-27)33-20-19-32(28-13-9-26(24)10-14-28)34-30-17-18-31(21-30)35(33)34/h1-20,30-31,34-35H,21H2. The van der Waals surface area contributed by atoms with Gasteiger partial charge in [0.05, 0.1) is 0 Å². The minimum absolute atomic E-state index is 0.577. The lowest BCUT2D eigenvalue weighted by Crippen LogP contribution is -2.24. The van der Waals surface area contributed by atoms with Gasteiger partial charge in [0.25, 0.3) is 0 Å². The van der Waals surface area contributed by atoms with Crippen LogP contribution in [0.25, 0.3) is 44.5 Å². The summed E-state index contributed by atoms with van der Waals surface area (Å²) in [7, 11) is 0. The molecule has 166 valence electrons. The molecule has 0 aliphatic heterocycles. The largest absolute Gasteiger partial charge is 0.0845 e. The molecule has 4 aromatic rings. The average Bonchev–Trinajstić information content (AvgIpc) is 3.56. The zero-order valence-electron chi connectivity index (χ0n) is 19.6. The minimum Gasteiger partial charge on any atom is -0.0845 e. The topological polar surface area (TPSA) is 0 Å². The van der Waals surface area contributed by atoms with Gasteiger partial charge in [-0.15, -0.1) is 0 Å². The number of rotatable bonds is 0. The maximum atomic E-state index is 2.49. The smallest absolute Gasteiger partial charge is 0.00181 e. The molecule has 0 amide bonds. The zero-order chi connectivity index (χ0) is 22.9. The molecule has 16 aliphatic carbocycles. The van der Waals surface area contributed by atoms with Crippen LogP contribution < -0.4 is 0 Å². The van der Waals surface area contributed by atoms with Gasteiger partial charge in [-0.1, -0.05) is 121 Å². The Bertz CT molecular complexity index is 1410. The molecule has 12 bridgehead atoms. The van der Waals surface area contributed by atoms with E-state index in [9.17, 15) is 0 Å². The lowest BCUT2D eigenvalue weighted by molar-refractivity contribution is 0.470. The monoisotopic (exact) mass is 446 g/mol. The highest BCUT2D eigenvalue weighted by molar-refractivity contribution is 5.84. The van der Waals surface area contributed by atoms with Gasteiger partial charge < -0.3 is 0 Å². The van der Waals surface area contributed by atoms with Crippen molar-refractivity contribution in [1.82, 2.24) is 0 Å². The SMILES string of the molecule is C1=CC2CC1C1C3=CC=C(c4ccc(cc4)-c4ccc(cc4)-c4ccc(cc4)-c4ccc3cc4)C21. The number of benzene rings is 4. The van der Waals surface area contributed by atoms with Crippen LogP contribution in [-0.4, -0.2) is 0 Å². The quantitative estimate of drug-likeness (QED) is 0.237. The van der Waals surface area contributed by atoms with Crippen LogP contribution in [0.15, 0.2) is 121 Å². The zero-order valence-corrected chi connectivity index (χ0v) is 19.6. The van der Waals surface area contributed by atoms with Gasteiger partial charge in [0, 0.05) is 0 Å². The van der Waals surface area contributed by atoms with Crippen LogP contribution in [0.1, 0.15) is 17.5 Å². The highest BCUT2D eigenvalue weighted by Crippen LogP contribution is 2.59. The number of hydrogen-bond acceptors (Lipinski definition) is 0. The van der Waals surface area contributed by atoms with E-state index in [-0.39, 0.29) is 0 Å². The third-order valence-corrected chi connectivity index (χ3v) is 8.83. The van der Waals surface area contributed by atoms with Crippen LogP contribution in [0, 0.1) is 23.7 Å². The van der Waals surface area contributed by atoms with Gasteiger partial charge in [-0.3, -0.25) is 0 Å². The summed E-state index contributed by atoms with van der Waals surface area (Å²) in [5, 5.41) is 0. The van der Waals surface area contributed by atoms with E-state index in [1.54, 1.807) is 0 Å². The molecule has 1 fully saturated rings. The van der Waals surface area contributed by atoms with Crippen molar-refractivity contribution in [3.63, 3.8) is 0 Å². The Kier molecular flexibility index (Phi) is 4.05. The van der Waals surface area contributed by atoms with Crippen molar-refractivity contribution in [3.8, 4) is 33.4 Å². The van der Waals surface area contributed by atoms with E-state index in [1.807, 2.05) is 0 Å². The second kappa shape index (κ2) is 7.30. The lowest BCUT2D eigenvalue weighted by Gasteiger charge is -2.35. The van der Waals surface area contributed by atoms with Crippen LogP contribution in [0.2, 0.25) is 0 Å². The maximum absolute atomic E-state index is 2.49. The molecule has 16 aliphatic rings. The third kappa shape index (κ3) is 2.93. The Labute approximate surface area is 207 Å². The van der Waals surface area contributed by atoms with Crippen LogP contribution >= 0.6 is 0 Å². The number of hydrogen-bond donors (Lipinski definition) is 0. The fourth-order valence-electron chi connectivity index (χ4n) is 7.07. The van der Waals surface area contributed by atoms with Crippen molar-refractivity contribution in [2.24, 2.45) is 23.7 Å². The molecule has 4 aromatic carbocycles. The van der Waals surface area contributed by atoms with Gasteiger partial charge in [-0.25, -0.2) is 0 Å². The van der Waals surface area contributed by atoms with E-state index >= 15 is 0 Å². The summed E-state index contributed by atoms with van der Waals surface area (Å²) < 4.78 is 0. The first-order valence-corrected chi connectivity index (χ1v) is 12.8. The van der Waals surface area contributed by atoms with E-state index in [1.165, 1.54) is 62.1 Å². The normalized spacial score (nSPS) is 24.7. The molecule has 4 atom stereocenters. The van der Waals surface area contributed by atoms with E-state index in [0.717, 1.165) is 0 Å². The fourth-order valence-corrected chi connectivity index (χ4v) is 7.07. The van der Waals surface area contributed by atoms with Gasteiger partial charge in [-0.05, 0) is 85.7 Å². The summed E-state index contributed by atoms with van der Waals surface area (Å²) in [5.41, 5.74) is 13.4. The first kappa shape index (κ1) is 19.4. The maximum Gasteiger partial charge on any atom is -0.00181 e. The Morgan fingerprint density at radius 2 is 0.600 bits per heavy atom. The molecule has 35 heavy (non-hydrogen) atoms. The van der Waals surface area contributed by atoms with Crippen molar-refractivity contribution in [1.29, 1.82) is 0 Å². The van der Waals surface area contributed by atoms with E-state index in [4.69, 9.17) is 0 Å². The van der Waals surface area contributed by atoms with E-state index in [2.05, 4.69) is 121 Å². The van der Waals surface area contributed by atoms with Crippen molar-refractivity contribution >= 4 is 11.1 Å². The van der Waals surface area contributed by atoms with Crippen LogP contribution in [-0.2, 0) is 0 Å². The molecular weight excluding hydrogens is 420 g/mol. The summed E-state index contributed by atoms with van der Waals surface area (Å²) in [6, 6.07) is 36.5. The summed E-state index contributed by atoms with van der Waals surface area (Å²) >= 11 is 0. The average molecular weight is 447 g/mol. The molecule has 4 unspecified atom stereocenters. The van der Waals surface area contributed by atoms with Gasteiger partial charge in [0.15, 0.2) is 0 Å². The Morgan fingerprint density at radius 1 is 0.343 bits per heavy atom. The Hall–Kier alpha value is -3.90. The summed E-state index contributed by atoms with van der Waals surface area (Å²) in [5.74, 6) is 2.46. The second-order valence-electron chi connectivity index (χ2n) is 10.6. The van der Waals surface area contributed by atoms with Gasteiger partial charge in [0.2, 0.25) is 0 Å². The Morgan fingerprint density at radius 3 is 0.886 bits per heavy atom. The van der Waals surface area contributed by atoms with Crippen molar-refractivity contribution < 1.29 is 0 Å². The van der Waals surface area contributed by atoms with Crippen molar-refractivity contribution in [3.05, 3.63) is 132 Å². The molecule has 20 rings (SSSR count). The number of allylic oxidation sites excluding steroid dienone is 6. The first-order valence-electron chi connectivity index (χ1n) is 12.8. The highest BCUT2D eigenvalue weighted by Gasteiger charge is 2.48. The predicted molar refractivity (Wildman–Crippen MR) is 146 cm³/mol. The first-order chi connectivity index (χ1) is 17.3. The molecule has 0 aromatic heterocycles. The minimum atomic E-state index is 0.577. The second-order valence-corrected chi connectivity index (χ2v) is 10.6. The van der Waals surface area contributed by atoms with Crippen LogP contribution in [0.3, 0.4) is 0 Å². The summed E-state index contributed by atoms with van der Waals surface area (Å²) in [6.07, 6.45) is 11.1. The molecule has 0 heteroatoms. The van der Waals surface area contributed by atoms with Crippen LogP contribution in [0.5, 0.6) is 0 Å². The summed E-state index contributed by atoms with van der Waals surface area (Å²) in [6.45, 7) is 0. The molecule has 0 N–H and O–H groups in total. The Balaban J connectivity index is 1.34. The molecule has 0 saturated heterocycles. The number of fused-ring (bicyclic) bond motifs is 2. The van der Waals surface area contributed by atoms with E-state index < -0.39 is 0 Å². The van der Waals surface area contributed by atoms with Gasteiger partial charge in [0.1, 0.15) is 0 Å². The van der Waals surface area contributed by atoms with Crippen LogP contribution in [0.4, 0.5) is 0 Å². The van der Waals surface area contributed by atoms with Crippen molar-refractivity contribution in [2.75, 3.05) is 0 Å². The lowest BCUT2D eigenvalue weighted by atomic mass is 9.68. The van der Waals surface area contributed by atoms with Crippen molar-refractivity contribution in [2.45, 2.75) is 6.42 Å². The summed E-state index contributed by atoms with van der Waals surface area (Å²) in [4.78, 5) is 0. The molecular formula is C35H26. The molecule has 1 saturated carbocycles. The molecule has 0 radical (unpaired) electrons. The molecule has 0 spiro atoms.